The molecule has 31 heavy (non-hydrogen) atoms. The zero-order valence-corrected chi connectivity index (χ0v) is 18.8. The van der Waals surface area contributed by atoms with Crippen molar-refractivity contribution in [1.82, 2.24) is 4.90 Å². The smallest absolute Gasteiger partial charge is 0.411 e. The number of halogens is 4. The fourth-order valence-electron chi connectivity index (χ4n) is 3.66. The number of piperidine rings is 1. The van der Waals surface area contributed by atoms with E-state index < -0.39 is 48.2 Å². The van der Waals surface area contributed by atoms with E-state index in [4.69, 9.17) is 9.47 Å². The molecule has 1 heterocycles. The summed E-state index contributed by atoms with van der Waals surface area (Å²) in [5.41, 5.74) is -0.807. The van der Waals surface area contributed by atoms with Crippen LogP contribution in [0.4, 0.5) is 18.0 Å². The summed E-state index contributed by atoms with van der Waals surface area (Å²) in [6.45, 7) is 5.03. The molecule has 3 rings (SSSR count). The topological polar surface area (TPSA) is 72.9 Å². The van der Waals surface area contributed by atoms with E-state index in [2.05, 4.69) is 15.9 Å². The number of amides is 1. The number of esters is 1. The summed E-state index contributed by atoms with van der Waals surface area (Å²) in [5, 5.41) is 0. The molecule has 170 valence electrons. The summed E-state index contributed by atoms with van der Waals surface area (Å²) in [7, 11) is 0. The average molecular weight is 506 g/mol. The first-order chi connectivity index (χ1) is 14.2. The van der Waals surface area contributed by atoms with E-state index in [1.54, 1.807) is 20.8 Å². The van der Waals surface area contributed by atoms with Gasteiger partial charge >= 0.3 is 18.2 Å². The fraction of sp³-hybridized carbons (Fsp3) is 0.571. The van der Waals surface area contributed by atoms with Crippen molar-refractivity contribution in [3.63, 3.8) is 0 Å². The van der Waals surface area contributed by atoms with Crippen molar-refractivity contribution in [2.45, 2.75) is 70.0 Å². The predicted octanol–water partition coefficient (Wildman–Crippen LogP) is 4.89. The van der Waals surface area contributed by atoms with Crippen LogP contribution in [0.1, 0.15) is 50.4 Å². The highest BCUT2D eigenvalue weighted by atomic mass is 79.9. The molecule has 0 N–H and O–H groups in total. The summed E-state index contributed by atoms with van der Waals surface area (Å²) in [6.07, 6.45) is -8.11. The number of benzene rings is 1. The maximum absolute atomic E-state index is 13.1. The number of hydrogen-bond donors (Lipinski definition) is 0. The van der Waals surface area contributed by atoms with Crippen molar-refractivity contribution in [2.24, 2.45) is 5.92 Å². The number of rotatable bonds is 5. The molecule has 2 aliphatic rings. The number of carbonyl (C=O) groups is 3. The number of hydrogen-bond acceptors (Lipinski definition) is 5. The Balaban J connectivity index is 1.77. The average Bonchev–Trinajstić information content (AvgIpc) is 3.27. The molecule has 2 unspecified atom stereocenters. The van der Waals surface area contributed by atoms with Crippen molar-refractivity contribution in [1.29, 1.82) is 0 Å². The zero-order chi connectivity index (χ0) is 23.1. The maximum atomic E-state index is 13.1. The zero-order valence-electron chi connectivity index (χ0n) is 17.2. The Labute approximate surface area is 186 Å². The van der Waals surface area contributed by atoms with Crippen molar-refractivity contribution in [3.05, 3.63) is 34.3 Å². The standard InChI is InChI=1S/C21H23BrF3NO5/c1-20(2,3)31-19(29)26-14-8-12(14)9-15(26)18(28)30-16(10-21(23,24)25)17(27)11-4-6-13(22)7-5-11/h4-7,12,14-16H,8-10H2,1-3H3/t12?,14-,15+,16?/m1/s1. The maximum Gasteiger partial charge on any atom is 0.411 e. The molecule has 0 spiro atoms. The molecule has 1 amide bonds. The van der Waals surface area contributed by atoms with Crippen molar-refractivity contribution in [2.75, 3.05) is 0 Å². The molecule has 1 saturated heterocycles. The molecule has 6 nitrogen and oxygen atoms in total. The minimum absolute atomic E-state index is 0.0106. The first-order valence-corrected chi connectivity index (χ1v) is 10.6. The molecule has 1 saturated carbocycles. The van der Waals surface area contributed by atoms with Crippen LogP contribution in [0.2, 0.25) is 0 Å². The van der Waals surface area contributed by atoms with Crippen LogP contribution in [0.25, 0.3) is 0 Å². The van der Waals surface area contributed by atoms with Gasteiger partial charge in [0.25, 0.3) is 0 Å². The second-order valence-corrected chi connectivity index (χ2v) is 9.73. The summed E-state index contributed by atoms with van der Waals surface area (Å²) >= 11 is 3.19. The minimum atomic E-state index is -4.72. The van der Waals surface area contributed by atoms with Gasteiger partial charge in [-0.3, -0.25) is 9.69 Å². The highest BCUT2D eigenvalue weighted by Crippen LogP contribution is 2.48. The lowest BCUT2D eigenvalue weighted by molar-refractivity contribution is -0.170. The van der Waals surface area contributed by atoms with E-state index in [0.29, 0.717) is 10.9 Å². The second-order valence-electron chi connectivity index (χ2n) is 8.82. The number of nitrogens with zero attached hydrogens (tertiary/aromatic N) is 1. The Bertz CT molecular complexity index is 865. The SMILES string of the molecule is CC(C)(C)OC(=O)N1[C@@H]2CC2C[C@H]1C(=O)OC(CC(F)(F)F)C(=O)c1ccc(Br)cc1. The van der Waals surface area contributed by atoms with Crippen molar-refractivity contribution >= 4 is 33.8 Å². The van der Waals surface area contributed by atoms with Gasteiger partial charge in [0.1, 0.15) is 11.6 Å². The van der Waals surface area contributed by atoms with Crippen LogP contribution in [0.3, 0.4) is 0 Å². The number of likely N-dealkylation sites (tertiary alicyclic amines) is 1. The Kier molecular flexibility index (Phi) is 6.42. The third-order valence-electron chi connectivity index (χ3n) is 5.08. The van der Waals surface area contributed by atoms with E-state index in [9.17, 15) is 27.6 Å². The monoisotopic (exact) mass is 505 g/mol. The molecule has 0 aromatic heterocycles. The molecule has 1 aromatic carbocycles. The lowest BCUT2D eigenvalue weighted by Crippen LogP contribution is -2.47. The first-order valence-electron chi connectivity index (χ1n) is 9.83. The molecule has 0 bridgehead atoms. The molecule has 1 aliphatic heterocycles. The molecular weight excluding hydrogens is 483 g/mol. The highest BCUT2D eigenvalue weighted by Gasteiger charge is 2.58. The normalized spacial score (nSPS) is 23.7. The number of fused-ring (bicyclic) bond motifs is 1. The number of ketones is 1. The Morgan fingerprint density at radius 2 is 1.74 bits per heavy atom. The van der Waals surface area contributed by atoms with Gasteiger partial charge in [0.05, 0.1) is 6.42 Å². The van der Waals surface area contributed by atoms with Gasteiger partial charge in [0.15, 0.2) is 6.10 Å². The largest absolute Gasteiger partial charge is 0.452 e. The Morgan fingerprint density at radius 1 is 1.13 bits per heavy atom. The van der Waals surface area contributed by atoms with Crippen LogP contribution in [0.15, 0.2) is 28.7 Å². The van der Waals surface area contributed by atoms with Crippen LogP contribution < -0.4 is 0 Å². The molecule has 1 aromatic rings. The third kappa shape index (κ3) is 5.99. The molecule has 2 fully saturated rings. The van der Waals surface area contributed by atoms with E-state index in [1.165, 1.54) is 29.2 Å². The van der Waals surface area contributed by atoms with Gasteiger partial charge in [-0.15, -0.1) is 0 Å². The van der Waals surface area contributed by atoms with Gasteiger partial charge in [-0.05, 0) is 51.7 Å². The van der Waals surface area contributed by atoms with Gasteiger partial charge in [-0.2, -0.15) is 13.2 Å². The highest BCUT2D eigenvalue weighted by molar-refractivity contribution is 9.10. The van der Waals surface area contributed by atoms with Gasteiger partial charge < -0.3 is 9.47 Å². The molecule has 0 radical (unpaired) electrons. The quantitative estimate of drug-likeness (QED) is 0.420. The third-order valence-corrected chi connectivity index (χ3v) is 5.61. The fourth-order valence-corrected chi connectivity index (χ4v) is 3.93. The lowest BCUT2D eigenvalue weighted by atomic mass is 10.0. The van der Waals surface area contributed by atoms with Crippen molar-refractivity contribution < 1.29 is 37.0 Å². The van der Waals surface area contributed by atoms with Crippen LogP contribution in [0.5, 0.6) is 0 Å². The van der Waals surface area contributed by atoms with Gasteiger partial charge in [0, 0.05) is 16.1 Å². The Hall–Kier alpha value is -2.10. The van der Waals surface area contributed by atoms with Gasteiger partial charge in [-0.25, -0.2) is 9.59 Å². The molecule has 1 aliphatic carbocycles. The number of Topliss-reactive ketones (excluding diaryl/α,β-unsaturated/α-hetero) is 1. The molecule has 4 atom stereocenters. The molecule has 10 heteroatoms. The van der Waals surface area contributed by atoms with Gasteiger partial charge in [-0.1, -0.05) is 28.1 Å². The van der Waals surface area contributed by atoms with E-state index in [0.717, 1.165) is 0 Å². The van der Waals surface area contributed by atoms with Crippen LogP contribution in [-0.4, -0.2) is 52.7 Å². The first kappa shape index (κ1) is 23.6. The van der Waals surface area contributed by atoms with E-state index in [-0.39, 0.29) is 23.9 Å². The summed E-state index contributed by atoms with van der Waals surface area (Å²) in [6, 6.07) is 4.44. The van der Waals surface area contributed by atoms with Crippen LogP contribution in [0, 0.1) is 5.92 Å². The number of carbonyl (C=O) groups excluding carboxylic acids is 3. The van der Waals surface area contributed by atoms with Crippen LogP contribution in [-0.2, 0) is 14.3 Å². The predicted molar refractivity (Wildman–Crippen MR) is 107 cm³/mol. The van der Waals surface area contributed by atoms with E-state index >= 15 is 0 Å². The van der Waals surface area contributed by atoms with E-state index in [1.807, 2.05) is 0 Å². The molecular formula is C21H23BrF3NO5. The lowest BCUT2D eigenvalue weighted by Gasteiger charge is -2.30. The van der Waals surface area contributed by atoms with Gasteiger partial charge in [0.2, 0.25) is 5.78 Å². The summed E-state index contributed by atoms with van der Waals surface area (Å²) < 4.78 is 50.3. The second kappa shape index (κ2) is 8.44. The Morgan fingerprint density at radius 3 is 2.29 bits per heavy atom. The summed E-state index contributed by atoms with van der Waals surface area (Å²) in [4.78, 5) is 39.2. The number of alkyl halides is 3. The summed E-state index contributed by atoms with van der Waals surface area (Å²) in [5.74, 6) is -1.91. The number of ether oxygens (including phenoxy) is 2. The minimum Gasteiger partial charge on any atom is -0.452 e. The van der Waals surface area contributed by atoms with Crippen molar-refractivity contribution in [3.8, 4) is 0 Å². The van der Waals surface area contributed by atoms with Crippen LogP contribution >= 0.6 is 15.9 Å².